The Morgan fingerprint density at radius 3 is 2.93 bits per heavy atom. The van der Waals surface area contributed by atoms with Gasteiger partial charge in [0.2, 0.25) is 0 Å². The lowest BCUT2D eigenvalue weighted by Crippen LogP contribution is -2.08. The molecule has 0 aliphatic heterocycles. The van der Waals surface area contributed by atoms with Crippen LogP contribution in [0.1, 0.15) is 22.6 Å². The highest BCUT2D eigenvalue weighted by atomic mass is 32.1. The van der Waals surface area contributed by atoms with Gasteiger partial charge in [0.25, 0.3) is 0 Å². The molecule has 2 heterocycles. The van der Waals surface area contributed by atoms with Crippen LogP contribution in [0.25, 0.3) is 0 Å². The summed E-state index contributed by atoms with van der Waals surface area (Å²) < 4.78 is 1.82. The van der Waals surface area contributed by atoms with E-state index < -0.39 is 6.10 Å². The number of hydrogen-bond acceptors (Lipinski definition) is 4. The molecule has 15 heavy (non-hydrogen) atoms. The molecule has 2 rings (SSSR count). The van der Waals surface area contributed by atoms with Crippen LogP contribution in [0.3, 0.4) is 0 Å². The minimum absolute atomic E-state index is 0.523. The van der Waals surface area contributed by atoms with Crippen LogP contribution in [0, 0.1) is 6.92 Å². The predicted molar refractivity (Wildman–Crippen MR) is 58.7 cm³/mol. The number of aryl methyl sites for hydroxylation is 2. The van der Waals surface area contributed by atoms with E-state index in [-0.39, 0.29) is 0 Å². The molecular formula is C10H13N3OS. The normalized spacial score (nSPS) is 13.0. The van der Waals surface area contributed by atoms with Crippen molar-refractivity contribution < 1.29 is 5.11 Å². The second-order valence-electron chi connectivity index (χ2n) is 3.47. The Balaban J connectivity index is 2.10. The van der Waals surface area contributed by atoms with Crippen LogP contribution in [0.5, 0.6) is 0 Å². The fourth-order valence-corrected chi connectivity index (χ4v) is 2.12. The Bertz CT molecular complexity index is 449. The van der Waals surface area contributed by atoms with E-state index in [0.717, 1.165) is 10.7 Å². The summed E-state index contributed by atoms with van der Waals surface area (Å²) in [6.45, 7) is 1.96. The first kappa shape index (κ1) is 10.3. The highest BCUT2D eigenvalue weighted by molar-refractivity contribution is 7.09. The Kier molecular flexibility index (Phi) is 2.83. The molecule has 1 N–H and O–H groups in total. The number of imidazole rings is 1. The van der Waals surface area contributed by atoms with E-state index in [1.807, 2.05) is 30.1 Å². The van der Waals surface area contributed by atoms with Gasteiger partial charge in [-0.1, -0.05) is 0 Å². The van der Waals surface area contributed by atoms with E-state index in [2.05, 4.69) is 9.97 Å². The average Bonchev–Trinajstić information content (AvgIpc) is 2.75. The van der Waals surface area contributed by atoms with Gasteiger partial charge in [-0.2, -0.15) is 0 Å². The topological polar surface area (TPSA) is 50.9 Å². The predicted octanol–water partition coefficient (Wildman–Crippen LogP) is 1.46. The van der Waals surface area contributed by atoms with Crippen LogP contribution in [0.4, 0.5) is 0 Å². The number of nitrogens with zero attached hydrogens (tertiary/aromatic N) is 3. The molecule has 0 saturated carbocycles. The van der Waals surface area contributed by atoms with Gasteiger partial charge in [0, 0.05) is 31.2 Å². The van der Waals surface area contributed by atoms with Crippen LogP contribution in [0.15, 0.2) is 17.8 Å². The van der Waals surface area contributed by atoms with Gasteiger partial charge in [0.05, 0.1) is 10.7 Å². The lowest BCUT2D eigenvalue weighted by molar-refractivity contribution is 0.164. The summed E-state index contributed by atoms with van der Waals surface area (Å²) in [6.07, 6.45) is 3.46. The third kappa shape index (κ3) is 2.24. The lowest BCUT2D eigenvalue weighted by atomic mass is 10.2. The van der Waals surface area contributed by atoms with E-state index in [9.17, 15) is 5.11 Å². The number of aliphatic hydroxyl groups is 1. The van der Waals surface area contributed by atoms with Crippen LogP contribution in [0.2, 0.25) is 0 Å². The molecule has 0 saturated heterocycles. The Labute approximate surface area is 92.2 Å². The van der Waals surface area contributed by atoms with E-state index >= 15 is 0 Å². The third-order valence-electron chi connectivity index (χ3n) is 2.23. The summed E-state index contributed by atoms with van der Waals surface area (Å²) in [5.41, 5.74) is 0.924. The molecule has 5 heteroatoms. The molecule has 1 unspecified atom stereocenters. The average molecular weight is 223 g/mol. The van der Waals surface area contributed by atoms with Crippen molar-refractivity contribution in [3.05, 3.63) is 34.3 Å². The summed E-state index contributed by atoms with van der Waals surface area (Å²) in [7, 11) is 1.87. The molecule has 0 amide bonds. The molecule has 4 nitrogen and oxygen atoms in total. The van der Waals surface area contributed by atoms with Crippen LogP contribution in [-0.2, 0) is 13.5 Å². The molecule has 0 fully saturated rings. The molecule has 2 aromatic heterocycles. The smallest absolute Gasteiger partial charge is 0.137 e. The second kappa shape index (κ2) is 4.12. The highest BCUT2D eigenvalue weighted by Crippen LogP contribution is 2.17. The van der Waals surface area contributed by atoms with E-state index in [1.54, 1.807) is 17.5 Å². The van der Waals surface area contributed by atoms with Crippen molar-refractivity contribution in [3.8, 4) is 0 Å². The van der Waals surface area contributed by atoms with Gasteiger partial charge >= 0.3 is 0 Å². The zero-order valence-corrected chi connectivity index (χ0v) is 9.53. The van der Waals surface area contributed by atoms with Gasteiger partial charge in [0.15, 0.2) is 0 Å². The summed E-state index contributed by atoms with van der Waals surface area (Å²) in [5.74, 6) is 0.681. The fraction of sp³-hybridized carbons (Fsp3) is 0.400. The monoisotopic (exact) mass is 223 g/mol. The van der Waals surface area contributed by atoms with Crippen molar-refractivity contribution in [1.82, 2.24) is 14.5 Å². The molecule has 0 bridgehead atoms. The zero-order valence-electron chi connectivity index (χ0n) is 8.71. The Hall–Kier alpha value is -1.20. The van der Waals surface area contributed by atoms with Crippen molar-refractivity contribution >= 4 is 11.3 Å². The largest absolute Gasteiger partial charge is 0.385 e. The van der Waals surface area contributed by atoms with E-state index in [4.69, 9.17) is 0 Å². The van der Waals surface area contributed by atoms with E-state index in [1.165, 1.54) is 0 Å². The molecular weight excluding hydrogens is 210 g/mol. The molecule has 0 spiro atoms. The standard InChI is InChI=1S/C10H13N3OS/c1-7-12-8(6-15-7)5-9(14)10-11-3-4-13(10)2/h3-4,6,9,14H,5H2,1-2H3. The van der Waals surface area contributed by atoms with Crippen molar-refractivity contribution in [3.63, 3.8) is 0 Å². The quantitative estimate of drug-likeness (QED) is 0.857. The van der Waals surface area contributed by atoms with Gasteiger partial charge in [-0.3, -0.25) is 0 Å². The van der Waals surface area contributed by atoms with Crippen LogP contribution >= 0.6 is 11.3 Å². The maximum atomic E-state index is 9.93. The zero-order chi connectivity index (χ0) is 10.8. The molecule has 0 radical (unpaired) electrons. The summed E-state index contributed by atoms with van der Waals surface area (Å²) >= 11 is 1.60. The summed E-state index contributed by atoms with van der Waals surface area (Å²) in [5, 5.41) is 12.9. The minimum atomic E-state index is -0.577. The second-order valence-corrected chi connectivity index (χ2v) is 4.54. The molecule has 0 aliphatic rings. The molecule has 80 valence electrons. The van der Waals surface area contributed by atoms with Crippen molar-refractivity contribution in [2.45, 2.75) is 19.4 Å². The maximum Gasteiger partial charge on any atom is 0.137 e. The van der Waals surface area contributed by atoms with Crippen LogP contribution in [-0.4, -0.2) is 19.6 Å². The number of thiazole rings is 1. The van der Waals surface area contributed by atoms with Crippen molar-refractivity contribution in [1.29, 1.82) is 0 Å². The van der Waals surface area contributed by atoms with Crippen LogP contribution < -0.4 is 0 Å². The molecule has 0 aromatic carbocycles. The Morgan fingerprint density at radius 1 is 1.60 bits per heavy atom. The highest BCUT2D eigenvalue weighted by Gasteiger charge is 2.14. The van der Waals surface area contributed by atoms with Crippen molar-refractivity contribution in [2.24, 2.45) is 7.05 Å². The van der Waals surface area contributed by atoms with Gasteiger partial charge < -0.3 is 9.67 Å². The number of aliphatic hydroxyl groups excluding tert-OH is 1. The van der Waals surface area contributed by atoms with Gasteiger partial charge in [0.1, 0.15) is 11.9 Å². The van der Waals surface area contributed by atoms with Gasteiger partial charge in [-0.05, 0) is 6.92 Å². The van der Waals surface area contributed by atoms with Gasteiger partial charge in [-0.15, -0.1) is 11.3 Å². The van der Waals surface area contributed by atoms with E-state index in [0.29, 0.717) is 12.2 Å². The summed E-state index contributed by atoms with van der Waals surface area (Å²) in [6, 6.07) is 0. The minimum Gasteiger partial charge on any atom is -0.385 e. The number of hydrogen-bond donors (Lipinski definition) is 1. The molecule has 2 aromatic rings. The lowest BCUT2D eigenvalue weighted by Gasteiger charge is -2.08. The summed E-state index contributed by atoms with van der Waals surface area (Å²) in [4.78, 5) is 8.42. The number of aromatic nitrogens is 3. The first-order valence-corrected chi connectivity index (χ1v) is 5.61. The SMILES string of the molecule is Cc1nc(CC(O)c2nccn2C)cs1. The first-order chi connectivity index (χ1) is 7.16. The van der Waals surface area contributed by atoms with Gasteiger partial charge in [-0.25, -0.2) is 9.97 Å². The van der Waals surface area contributed by atoms with Crippen molar-refractivity contribution in [2.75, 3.05) is 0 Å². The first-order valence-electron chi connectivity index (χ1n) is 4.73. The fourth-order valence-electron chi connectivity index (χ4n) is 1.49. The third-order valence-corrected chi connectivity index (χ3v) is 3.05. The molecule has 0 aliphatic carbocycles. The molecule has 1 atom stereocenters. The Morgan fingerprint density at radius 2 is 2.40 bits per heavy atom. The number of rotatable bonds is 3. The maximum absolute atomic E-state index is 9.93.